The predicted octanol–water partition coefficient (Wildman–Crippen LogP) is 3.25. The van der Waals surface area contributed by atoms with Crippen LogP contribution >= 0.6 is 15.9 Å². The van der Waals surface area contributed by atoms with Gasteiger partial charge in [0.1, 0.15) is 5.75 Å². The maximum Gasteiger partial charge on any atom is 0.434 e. The Hall–Kier alpha value is -1.82. The number of hydrogen-bond acceptors (Lipinski definition) is 4. The van der Waals surface area contributed by atoms with E-state index in [2.05, 4.69) is 21.0 Å². The molecule has 20 heavy (non-hydrogen) atoms. The maximum absolute atomic E-state index is 11.8. The van der Waals surface area contributed by atoms with Gasteiger partial charge in [0.05, 0.1) is 18.9 Å². The van der Waals surface area contributed by atoms with Crippen molar-refractivity contribution in [3.05, 3.63) is 34.6 Å². The average molecular weight is 337 g/mol. The number of carbonyl (C=O) groups is 1. The molecule has 0 fully saturated rings. The molecule has 0 amide bonds. The molecule has 2 heterocycles. The molecular formula is C14H13BrN2O3. The summed E-state index contributed by atoms with van der Waals surface area (Å²) in [5, 5.41) is 4.30. The van der Waals surface area contributed by atoms with Gasteiger partial charge in [-0.3, -0.25) is 0 Å². The van der Waals surface area contributed by atoms with E-state index >= 15 is 0 Å². The van der Waals surface area contributed by atoms with Crippen LogP contribution in [-0.4, -0.2) is 29.1 Å². The quantitative estimate of drug-likeness (QED) is 0.802. The third-order valence-corrected chi connectivity index (χ3v) is 3.57. The van der Waals surface area contributed by atoms with Crippen LogP contribution in [0.3, 0.4) is 0 Å². The minimum Gasteiger partial charge on any atom is -0.493 e. The molecule has 0 radical (unpaired) electrons. The molecule has 1 aliphatic heterocycles. The maximum atomic E-state index is 11.8. The Kier molecular flexibility index (Phi) is 3.48. The van der Waals surface area contributed by atoms with Crippen LogP contribution in [0.15, 0.2) is 28.9 Å². The number of hydrogen-bond donors (Lipinski definition) is 0. The van der Waals surface area contributed by atoms with E-state index in [4.69, 9.17) is 9.47 Å². The largest absolute Gasteiger partial charge is 0.493 e. The second-order valence-corrected chi connectivity index (χ2v) is 5.29. The minimum absolute atomic E-state index is 0.328. The van der Waals surface area contributed by atoms with Gasteiger partial charge in [-0.05, 0) is 25.1 Å². The fourth-order valence-corrected chi connectivity index (χ4v) is 2.56. The van der Waals surface area contributed by atoms with E-state index < -0.39 is 6.09 Å². The fraction of sp³-hybridized carbons (Fsp3) is 0.286. The predicted molar refractivity (Wildman–Crippen MR) is 77.0 cm³/mol. The Balaban J connectivity index is 2.09. The number of aromatic nitrogens is 2. The van der Waals surface area contributed by atoms with Crippen molar-refractivity contribution < 1.29 is 14.3 Å². The molecule has 0 spiro atoms. The van der Waals surface area contributed by atoms with Crippen LogP contribution in [0.1, 0.15) is 12.6 Å². The molecule has 1 aromatic heterocycles. The number of halogens is 1. The van der Waals surface area contributed by atoms with E-state index in [0.717, 1.165) is 27.0 Å². The van der Waals surface area contributed by atoms with Crippen molar-refractivity contribution in [2.75, 3.05) is 13.2 Å². The average Bonchev–Trinajstić information content (AvgIpc) is 2.78. The summed E-state index contributed by atoms with van der Waals surface area (Å²) in [5.74, 6) is 0.801. The van der Waals surface area contributed by atoms with Crippen LogP contribution in [0.4, 0.5) is 4.79 Å². The van der Waals surface area contributed by atoms with Crippen LogP contribution in [0, 0.1) is 0 Å². The molecule has 0 unspecified atom stereocenters. The van der Waals surface area contributed by atoms with Crippen LogP contribution in [0.5, 0.6) is 5.75 Å². The highest BCUT2D eigenvalue weighted by atomic mass is 79.9. The van der Waals surface area contributed by atoms with E-state index in [9.17, 15) is 4.79 Å². The summed E-state index contributed by atoms with van der Waals surface area (Å²) in [6.07, 6.45) is 1.90. The van der Waals surface area contributed by atoms with Gasteiger partial charge in [-0.2, -0.15) is 9.78 Å². The van der Waals surface area contributed by atoms with Crippen LogP contribution in [0.2, 0.25) is 0 Å². The van der Waals surface area contributed by atoms with E-state index in [1.807, 2.05) is 18.2 Å². The summed E-state index contributed by atoms with van der Waals surface area (Å²) in [6.45, 7) is 2.64. The molecule has 6 heteroatoms. The Morgan fingerprint density at radius 1 is 1.50 bits per heavy atom. The van der Waals surface area contributed by atoms with Gasteiger partial charge in [0.2, 0.25) is 0 Å². The third kappa shape index (κ3) is 2.31. The second-order valence-electron chi connectivity index (χ2n) is 4.37. The molecule has 0 N–H and O–H groups in total. The van der Waals surface area contributed by atoms with Gasteiger partial charge < -0.3 is 9.47 Å². The molecule has 1 aromatic carbocycles. The van der Waals surface area contributed by atoms with Crippen molar-refractivity contribution >= 4 is 22.0 Å². The Morgan fingerprint density at radius 2 is 2.35 bits per heavy atom. The molecule has 0 bridgehead atoms. The van der Waals surface area contributed by atoms with Gasteiger partial charge in [-0.1, -0.05) is 15.9 Å². The van der Waals surface area contributed by atoms with Gasteiger partial charge in [0, 0.05) is 28.2 Å². The lowest BCUT2D eigenvalue weighted by Gasteiger charge is -2.07. The van der Waals surface area contributed by atoms with Crippen molar-refractivity contribution in [3.63, 3.8) is 0 Å². The lowest BCUT2D eigenvalue weighted by Crippen LogP contribution is -2.14. The Morgan fingerprint density at radius 3 is 3.15 bits per heavy atom. The zero-order chi connectivity index (χ0) is 14.1. The third-order valence-electron chi connectivity index (χ3n) is 3.07. The van der Waals surface area contributed by atoms with Crippen molar-refractivity contribution in [3.8, 4) is 16.9 Å². The highest BCUT2D eigenvalue weighted by Gasteiger charge is 2.21. The molecule has 0 saturated carbocycles. The van der Waals surface area contributed by atoms with Gasteiger partial charge in [0.15, 0.2) is 0 Å². The van der Waals surface area contributed by atoms with Crippen LogP contribution < -0.4 is 4.74 Å². The molecule has 5 nitrogen and oxygen atoms in total. The first kappa shape index (κ1) is 13.2. The smallest absolute Gasteiger partial charge is 0.434 e. The van der Waals surface area contributed by atoms with E-state index in [0.29, 0.717) is 19.6 Å². The van der Waals surface area contributed by atoms with Gasteiger partial charge >= 0.3 is 6.09 Å². The van der Waals surface area contributed by atoms with Crippen molar-refractivity contribution in [2.24, 2.45) is 0 Å². The standard InChI is InChI=1S/C14H13BrN2O3/c1-2-19-14(18)17-8-11-10-7-9(15)3-4-13(10)20-6-5-12(11)16-17/h3-4,7-8H,2,5-6H2,1H3. The van der Waals surface area contributed by atoms with Gasteiger partial charge in [0.25, 0.3) is 0 Å². The SMILES string of the molecule is CCOC(=O)n1cc2c(n1)CCOc1ccc(Br)cc1-2. The lowest BCUT2D eigenvalue weighted by molar-refractivity contribution is 0.150. The molecular weight excluding hydrogens is 324 g/mol. The summed E-state index contributed by atoms with van der Waals surface area (Å²) < 4.78 is 12.9. The van der Waals surface area contributed by atoms with Crippen molar-refractivity contribution in [1.82, 2.24) is 9.78 Å². The molecule has 0 aliphatic carbocycles. The molecule has 3 rings (SSSR count). The number of benzene rings is 1. The highest BCUT2D eigenvalue weighted by Crippen LogP contribution is 2.36. The lowest BCUT2D eigenvalue weighted by atomic mass is 10.1. The first-order valence-electron chi connectivity index (χ1n) is 6.37. The Labute approximate surface area is 124 Å². The summed E-state index contributed by atoms with van der Waals surface area (Å²) in [6, 6.07) is 5.81. The monoisotopic (exact) mass is 336 g/mol. The zero-order valence-corrected chi connectivity index (χ0v) is 12.5. The molecule has 104 valence electrons. The van der Waals surface area contributed by atoms with E-state index in [-0.39, 0.29) is 0 Å². The number of ether oxygens (including phenoxy) is 2. The normalized spacial score (nSPS) is 12.9. The van der Waals surface area contributed by atoms with E-state index in [1.54, 1.807) is 13.1 Å². The molecule has 2 aromatic rings. The van der Waals surface area contributed by atoms with Gasteiger partial charge in [-0.25, -0.2) is 4.79 Å². The van der Waals surface area contributed by atoms with Crippen LogP contribution in [0.25, 0.3) is 11.1 Å². The van der Waals surface area contributed by atoms with Crippen LogP contribution in [-0.2, 0) is 11.2 Å². The second kappa shape index (κ2) is 5.28. The first-order chi connectivity index (χ1) is 9.69. The zero-order valence-electron chi connectivity index (χ0n) is 10.9. The molecule has 1 aliphatic rings. The summed E-state index contributed by atoms with van der Waals surface area (Å²) in [4.78, 5) is 11.8. The summed E-state index contributed by atoms with van der Waals surface area (Å²) in [5.41, 5.74) is 2.68. The summed E-state index contributed by atoms with van der Waals surface area (Å²) >= 11 is 3.45. The number of carbonyl (C=O) groups excluding carboxylic acids is 1. The molecule has 0 saturated heterocycles. The fourth-order valence-electron chi connectivity index (χ4n) is 2.20. The van der Waals surface area contributed by atoms with Crippen molar-refractivity contribution in [2.45, 2.75) is 13.3 Å². The number of rotatable bonds is 1. The van der Waals surface area contributed by atoms with Crippen molar-refractivity contribution in [1.29, 1.82) is 0 Å². The highest BCUT2D eigenvalue weighted by molar-refractivity contribution is 9.10. The van der Waals surface area contributed by atoms with E-state index in [1.165, 1.54) is 4.68 Å². The number of nitrogens with zero attached hydrogens (tertiary/aromatic N) is 2. The Bertz CT molecular complexity index is 666. The summed E-state index contributed by atoms with van der Waals surface area (Å²) in [7, 11) is 0. The topological polar surface area (TPSA) is 53.4 Å². The minimum atomic E-state index is -0.460. The molecule has 0 atom stereocenters. The van der Waals surface area contributed by atoms with Gasteiger partial charge in [-0.15, -0.1) is 0 Å². The first-order valence-corrected chi connectivity index (χ1v) is 7.16. The number of fused-ring (bicyclic) bond motifs is 3.